The van der Waals surface area contributed by atoms with Crippen molar-refractivity contribution >= 4 is 32.2 Å². The molecule has 0 bridgehead atoms. The molecule has 0 aliphatic heterocycles. The number of unbranched alkanes of at least 4 members (excludes halogenated alkanes) is 2. The zero-order valence-electron chi connectivity index (χ0n) is 13.7. The van der Waals surface area contributed by atoms with Gasteiger partial charge in [0, 0.05) is 12.2 Å². The zero-order valence-corrected chi connectivity index (χ0v) is 15.3. The highest BCUT2D eigenvalue weighted by Gasteiger charge is 2.22. The average molecular weight is 398 g/mol. The van der Waals surface area contributed by atoms with Crippen molar-refractivity contribution in [3.8, 4) is 0 Å². The largest absolute Gasteiger partial charge is 0.463 e. The Kier molecular flexibility index (Phi) is 11.0. The molecule has 0 aromatic heterocycles. The van der Waals surface area contributed by atoms with Crippen LogP contribution in [0.3, 0.4) is 0 Å². The fraction of sp³-hybridized carbons (Fsp3) is 0.571. The van der Waals surface area contributed by atoms with E-state index in [1.165, 1.54) is 0 Å². The van der Waals surface area contributed by atoms with E-state index in [0.717, 1.165) is 12.2 Å². The minimum Gasteiger partial charge on any atom is -0.463 e. The normalized spacial score (nSPS) is 11.5. The second-order valence-corrected chi connectivity index (χ2v) is 8.34. The van der Waals surface area contributed by atoms with Crippen molar-refractivity contribution in [1.82, 2.24) is 0 Å². The Labute approximate surface area is 147 Å². The van der Waals surface area contributed by atoms with Gasteiger partial charge in [0.15, 0.2) is 0 Å². The van der Waals surface area contributed by atoms with Crippen molar-refractivity contribution in [2.45, 2.75) is 25.7 Å². The number of esters is 2. The van der Waals surface area contributed by atoms with E-state index in [1.54, 1.807) is 0 Å². The SMILES string of the molecule is C=CC(=O)OCCCCS(=O)(=O)OS(=O)(=O)CCCCOC(=O)C=C. The van der Waals surface area contributed by atoms with Crippen molar-refractivity contribution in [3.05, 3.63) is 25.3 Å². The summed E-state index contributed by atoms with van der Waals surface area (Å²) in [4.78, 5) is 21.5. The van der Waals surface area contributed by atoms with Crippen LogP contribution in [0, 0.1) is 0 Å². The van der Waals surface area contributed by atoms with Crippen molar-refractivity contribution in [3.63, 3.8) is 0 Å². The van der Waals surface area contributed by atoms with Crippen molar-refractivity contribution in [2.24, 2.45) is 0 Å². The number of rotatable bonds is 14. The van der Waals surface area contributed by atoms with E-state index in [9.17, 15) is 26.4 Å². The topological polar surface area (TPSA) is 130 Å². The third kappa shape index (κ3) is 13.3. The quantitative estimate of drug-likeness (QED) is 0.235. The molecule has 0 saturated heterocycles. The lowest BCUT2D eigenvalue weighted by molar-refractivity contribution is -0.138. The molecule has 144 valence electrons. The maximum atomic E-state index is 11.6. The Hall–Kier alpha value is -1.72. The van der Waals surface area contributed by atoms with Gasteiger partial charge in [-0.2, -0.15) is 16.8 Å². The van der Waals surface area contributed by atoms with Crippen LogP contribution in [0.5, 0.6) is 0 Å². The third-order valence-electron chi connectivity index (χ3n) is 2.61. The van der Waals surface area contributed by atoms with E-state index < -0.39 is 43.7 Å². The second-order valence-electron chi connectivity index (χ2n) is 4.75. The molecule has 0 saturated carbocycles. The highest BCUT2D eigenvalue weighted by atomic mass is 32.3. The third-order valence-corrected chi connectivity index (χ3v) is 5.84. The van der Waals surface area contributed by atoms with Crippen molar-refractivity contribution < 1.29 is 39.5 Å². The first kappa shape index (κ1) is 23.3. The predicted molar refractivity (Wildman–Crippen MR) is 89.4 cm³/mol. The summed E-state index contributed by atoms with van der Waals surface area (Å²) in [5, 5.41) is 0. The van der Waals surface area contributed by atoms with Crippen LogP contribution in [0.25, 0.3) is 0 Å². The van der Waals surface area contributed by atoms with E-state index in [-0.39, 0.29) is 38.9 Å². The van der Waals surface area contributed by atoms with Crippen LogP contribution in [-0.2, 0) is 42.9 Å². The minimum absolute atomic E-state index is 0.00342. The number of ether oxygens (including phenoxy) is 2. The van der Waals surface area contributed by atoms with Crippen LogP contribution in [-0.4, -0.2) is 53.5 Å². The molecule has 0 amide bonds. The number of hydrogen-bond acceptors (Lipinski definition) is 9. The summed E-state index contributed by atoms with van der Waals surface area (Å²) in [7, 11) is -8.51. The molecule has 0 radical (unpaired) electrons. The average Bonchev–Trinajstić information content (AvgIpc) is 2.52. The summed E-state index contributed by atoms with van der Waals surface area (Å²) in [6.07, 6.45) is 2.56. The molecule has 0 rings (SSSR count). The predicted octanol–water partition coefficient (Wildman–Crippen LogP) is 0.681. The van der Waals surface area contributed by atoms with Gasteiger partial charge in [-0.15, -0.1) is 3.63 Å². The summed E-state index contributed by atoms with van der Waals surface area (Å²) in [6, 6.07) is 0. The van der Waals surface area contributed by atoms with Gasteiger partial charge in [-0.3, -0.25) is 0 Å². The molecule has 0 unspecified atom stereocenters. The maximum Gasteiger partial charge on any atom is 0.330 e. The van der Waals surface area contributed by atoms with Gasteiger partial charge in [0.25, 0.3) is 20.2 Å². The first-order valence-corrected chi connectivity index (χ1v) is 10.5. The smallest absolute Gasteiger partial charge is 0.330 e. The molecule has 25 heavy (non-hydrogen) atoms. The van der Waals surface area contributed by atoms with Crippen LogP contribution in [0.1, 0.15) is 25.7 Å². The second kappa shape index (κ2) is 11.8. The van der Waals surface area contributed by atoms with Crippen molar-refractivity contribution in [1.29, 1.82) is 0 Å². The molecule has 0 fully saturated rings. The lowest BCUT2D eigenvalue weighted by atomic mass is 10.4. The Morgan fingerprint density at radius 2 is 1.08 bits per heavy atom. The van der Waals surface area contributed by atoms with E-state index in [1.807, 2.05) is 0 Å². The fourth-order valence-electron chi connectivity index (χ4n) is 1.45. The molecular formula is C14H22O9S2. The maximum absolute atomic E-state index is 11.6. The Balaban J connectivity index is 4.07. The highest BCUT2D eigenvalue weighted by molar-refractivity contribution is 7.99. The van der Waals surface area contributed by atoms with Crippen LogP contribution >= 0.6 is 0 Å². The first-order valence-electron chi connectivity index (χ1n) is 7.37. The number of carbonyl (C=O) groups is 2. The van der Waals surface area contributed by atoms with Crippen LogP contribution in [0.4, 0.5) is 0 Å². The summed E-state index contributed by atoms with van der Waals surface area (Å²) < 4.78 is 60.0. The molecule has 0 aliphatic carbocycles. The molecule has 0 aromatic carbocycles. The van der Waals surface area contributed by atoms with Gasteiger partial charge in [-0.1, -0.05) is 13.2 Å². The molecule has 0 spiro atoms. The number of hydrogen-bond donors (Lipinski definition) is 0. The molecule has 0 aliphatic rings. The first-order chi connectivity index (χ1) is 11.6. The van der Waals surface area contributed by atoms with Crippen LogP contribution in [0.15, 0.2) is 25.3 Å². The molecule has 0 N–H and O–H groups in total. The van der Waals surface area contributed by atoms with E-state index >= 15 is 0 Å². The lowest BCUT2D eigenvalue weighted by Gasteiger charge is -2.07. The zero-order chi connectivity index (χ0) is 19.3. The molecule has 0 aromatic rings. The molecule has 0 atom stereocenters. The highest BCUT2D eigenvalue weighted by Crippen LogP contribution is 2.08. The van der Waals surface area contributed by atoms with Crippen LogP contribution in [0.2, 0.25) is 0 Å². The van der Waals surface area contributed by atoms with Gasteiger partial charge in [-0.05, 0) is 25.7 Å². The van der Waals surface area contributed by atoms with E-state index in [0.29, 0.717) is 0 Å². The number of carbonyl (C=O) groups excluding carboxylic acids is 2. The summed E-state index contributed by atoms with van der Waals surface area (Å²) >= 11 is 0. The summed E-state index contributed by atoms with van der Waals surface area (Å²) in [5.41, 5.74) is 0. The Bertz CT molecular complexity index is 604. The van der Waals surface area contributed by atoms with Gasteiger partial charge in [0.1, 0.15) is 0 Å². The van der Waals surface area contributed by atoms with Gasteiger partial charge < -0.3 is 9.47 Å². The molecule has 9 nitrogen and oxygen atoms in total. The van der Waals surface area contributed by atoms with E-state index in [4.69, 9.17) is 0 Å². The Morgan fingerprint density at radius 1 is 0.720 bits per heavy atom. The van der Waals surface area contributed by atoms with Gasteiger partial charge in [0.2, 0.25) is 0 Å². The Morgan fingerprint density at radius 3 is 1.40 bits per heavy atom. The van der Waals surface area contributed by atoms with E-state index in [2.05, 4.69) is 26.3 Å². The van der Waals surface area contributed by atoms with Gasteiger partial charge in [-0.25, -0.2) is 9.59 Å². The van der Waals surface area contributed by atoms with Crippen LogP contribution < -0.4 is 0 Å². The summed E-state index contributed by atoms with van der Waals surface area (Å²) in [5.74, 6) is -2.29. The van der Waals surface area contributed by atoms with Gasteiger partial charge >= 0.3 is 11.9 Å². The monoisotopic (exact) mass is 398 g/mol. The standard InChI is InChI=1S/C14H22O9S2/c1-3-13(15)21-9-5-7-11-24(17,18)23-25(19,20)12-8-6-10-22-14(16)4-2/h3-4H,1-2,5-12H2. The minimum atomic E-state index is -4.25. The fourth-order valence-corrected chi connectivity index (χ4v) is 4.37. The molecule has 11 heteroatoms. The summed E-state index contributed by atoms with van der Waals surface area (Å²) in [6.45, 7) is 6.40. The van der Waals surface area contributed by atoms with Crippen molar-refractivity contribution in [2.75, 3.05) is 24.7 Å². The lowest BCUT2D eigenvalue weighted by Crippen LogP contribution is -2.19. The molecular weight excluding hydrogens is 376 g/mol. The molecule has 0 heterocycles. The van der Waals surface area contributed by atoms with Gasteiger partial charge in [0.05, 0.1) is 24.7 Å².